The first-order chi connectivity index (χ1) is 13.0. The average molecular weight is 402 g/mol. The van der Waals surface area contributed by atoms with E-state index in [1.165, 1.54) is 0 Å². The van der Waals surface area contributed by atoms with Gasteiger partial charge < -0.3 is 9.47 Å². The Bertz CT molecular complexity index is 935. The van der Waals surface area contributed by atoms with Gasteiger partial charge in [-0.3, -0.25) is 4.79 Å². The van der Waals surface area contributed by atoms with Crippen LogP contribution in [0.2, 0.25) is 5.02 Å². The van der Waals surface area contributed by atoms with E-state index in [0.29, 0.717) is 28.5 Å². The number of benzene rings is 2. The molecule has 0 saturated carbocycles. The summed E-state index contributed by atoms with van der Waals surface area (Å²) < 4.78 is 10.7. The van der Waals surface area contributed by atoms with E-state index >= 15 is 0 Å². The summed E-state index contributed by atoms with van der Waals surface area (Å²) in [6.07, 6.45) is 0. The molecule has 0 radical (unpaired) electrons. The van der Waals surface area contributed by atoms with Crippen molar-refractivity contribution in [1.82, 2.24) is 4.98 Å². The number of hydrogen-bond acceptors (Lipinski definition) is 6. The Balaban J connectivity index is 1.51. The Labute approximate surface area is 165 Å². The summed E-state index contributed by atoms with van der Waals surface area (Å²) in [6.45, 7) is 1.97. The molecule has 0 fully saturated rings. The van der Waals surface area contributed by atoms with Gasteiger partial charge >= 0.3 is 5.97 Å². The predicted molar refractivity (Wildman–Crippen MR) is 104 cm³/mol. The van der Waals surface area contributed by atoms with E-state index in [1.54, 1.807) is 59.9 Å². The number of hydrogen-bond donors (Lipinski definition) is 0. The highest BCUT2D eigenvalue weighted by Gasteiger charge is 2.12. The third kappa shape index (κ3) is 5.39. The van der Waals surface area contributed by atoms with Crippen molar-refractivity contribution in [3.05, 3.63) is 80.8 Å². The molecular weight excluding hydrogens is 386 g/mol. The van der Waals surface area contributed by atoms with Crippen LogP contribution in [0.15, 0.2) is 53.9 Å². The second-order valence-corrected chi connectivity index (χ2v) is 7.18. The van der Waals surface area contributed by atoms with E-state index in [0.717, 1.165) is 10.7 Å². The minimum absolute atomic E-state index is 0.293. The lowest BCUT2D eigenvalue weighted by atomic mass is 10.1. The molecule has 0 spiro atoms. The zero-order chi connectivity index (χ0) is 19.2. The molecule has 0 aliphatic heterocycles. The molecule has 0 amide bonds. The number of halogens is 1. The number of nitrogens with zero attached hydrogens (tertiary/aromatic N) is 1. The van der Waals surface area contributed by atoms with Gasteiger partial charge in [0.25, 0.3) is 0 Å². The molecule has 27 heavy (non-hydrogen) atoms. The standard InChI is InChI=1S/C20H16ClNO4S/c1-13-22-17(12-27-13)10-25-18-8-4-15(5-9-18)20(24)26-11-19(23)14-2-6-16(21)7-3-14/h2-9,12H,10-11H2,1H3. The lowest BCUT2D eigenvalue weighted by molar-refractivity contribution is 0.0474. The van der Waals surface area contributed by atoms with Gasteiger partial charge in [-0.25, -0.2) is 9.78 Å². The molecule has 0 atom stereocenters. The van der Waals surface area contributed by atoms with Gasteiger partial charge in [0, 0.05) is 16.0 Å². The first kappa shape index (κ1) is 19.1. The summed E-state index contributed by atoms with van der Waals surface area (Å²) in [6, 6.07) is 13.0. The van der Waals surface area contributed by atoms with Gasteiger partial charge in [-0.1, -0.05) is 11.6 Å². The largest absolute Gasteiger partial charge is 0.487 e. The van der Waals surface area contributed by atoms with E-state index < -0.39 is 5.97 Å². The van der Waals surface area contributed by atoms with Gasteiger partial charge in [0.05, 0.1) is 16.3 Å². The fourth-order valence-electron chi connectivity index (χ4n) is 2.25. The third-order valence-electron chi connectivity index (χ3n) is 3.64. The summed E-state index contributed by atoms with van der Waals surface area (Å²) in [4.78, 5) is 28.4. The SMILES string of the molecule is Cc1nc(COc2ccc(C(=O)OCC(=O)c3ccc(Cl)cc3)cc2)cs1. The maximum absolute atomic E-state index is 12.1. The van der Waals surface area contributed by atoms with Crippen LogP contribution in [0.5, 0.6) is 5.75 Å². The van der Waals surface area contributed by atoms with Crippen molar-refractivity contribution < 1.29 is 19.1 Å². The molecular formula is C20H16ClNO4S. The molecule has 2 aromatic carbocycles. The second-order valence-electron chi connectivity index (χ2n) is 5.68. The van der Waals surface area contributed by atoms with Crippen LogP contribution < -0.4 is 4.74 Å². The normalized spacial score (nSPS) is 10.4. The number of rotatable bonds is 7. The molecule has 0 N–H and O–H groups in total. The summed E-state index contributed by atoms with van der Waals surface area (Å²) in [5.41, 5.74) is 1.64. The molecule has 0 saturated heterocycles. The zero-order valence-corrected chi connectivity index (χ0v) is 16.0. The van der Waals surface area contributed by atoms with Crippen molar-refractivity contribution in [2.45, 2.75) is 13.5 Å². The summed E-state index contributed by atoms with van der Waals surface area (Å²) in [5.74, 6) is -0.244. The minimum atomic E-state index is -0.570. The number of carbonyl (C=O) groups excluding carboxylic acids is 2. The highest BCUT2D eigenvalue weighted by molar-refractivity contribution is 7.09. The predicted octanol–water partition coefficient (Wildman–Crippen LogP) is 4.72. The lowest BCUT2D eigenvalue weighted by Crippen LogP contribution is -2.14. The highest BCUT2D eigenvalue weighted by atomic mass is 35.5. The molecule has 0 bridgehead atoms. The van der Waals surface area contributed by atoms with Crippen LogP contribution in [0.1, 0.15) is 31.4 Å². The Morgan fingerprint density at radius 3 is 2.33 bits per heavy atom. The Hall–Kier alpha value is -2.70. The van der Waals surface area contributed by atoms with Crippen LogP contribution in [-0.4, -0.2) is 23.3 Å². The van der Waals surface area contributed by atoms with Crippen molar-refractivity contribution in [2.75, 3.05) is 6.61 Å². The van der Waals surface area contributed by atoms with E-state index in [4.69, 9.17) is 21.1 Å². The van der Waals surface area contributed by atoms with Gasteiger partial charge in [0.15, 0.2) is 12.4 Å². The zero-order valence-electron chi connectivity index (χ0n) is 14.5. The number of aromatic nitrogens is 1. The summed E-state index contributed by atoms with van der Waals surface area (Å²) in [7, 11) is 0. The molecule has 138 valence electrons. The van der Waals surface area contributed by atoms with Gasteiger partial charge in [-0.2, -0.15) is 0 Å². The maximum atomic E-state index is 12.1. The number of ether oxygens (including phenoxy) is 2. The van der Waals surface area contributed by atoms with Crippen LogP contribution in [-0.2, 0) is 11.3 Å². The number of esters is 1. The quantitative estimate of drug-likeness (QED) is 0.423. The molecule has 3 rings (SSSR count). The number of aryl methyl sites for hydroxylation is 1. The number of thiazole rings is 1. The van der Waals surface area contributed by atoms with Gasteiger partial charge in [0.1, 0.15) is 12.4 Å². The fraction of sp³-hybridized carbons (Fsp3) is 0.150. The highest BCUT2D eigenvalue weighted by Crippen LogP contribution is 2.16. The monoisotopic (exact) mass is 401 g/mol. The second kappa shape index (κ2) is 8.79. The Kier molecular flexibility index (Phi) is 6.21. The van der Waals surface area contributed by atoms with Crippen molar-refractivity contribution in [3.63, 3.8) is 0 Å². The van der Waals surface area contributed by atoms with E-state index in [9.17, 15) is 9.59 Å². The van der Waals surface area contributed by atoms with Crippen LogP contribution in [0.25, 0.3) is 0 Å². The van der Waals surface area contributed by atoms with Gasteiger partial charge in [-0.05, 0) is 55.5 Å². The molecule has 1 aromatic heterocycles. The molecule has 3 aromatic rings. The number of carbonyl (C=O) groups is 2. The van der Waals surface area contributed by atoms with Gasteiger partial charge in [0.2, 0.25) is 0 Å². The Morgan fingerprint density at radius 2 is 1.70 bits per heavy atom. The molecule has 7 heteroatoms. The Morgan fingerprint density at radius 1 is 1.04 bits per heavy atom. The van der Waals surface area contributed by atoms with E-state index in [2.05, 4.69) is 4.98 Å². The van der Waals surface area contributed by atoms with Crippen molar-refractivity contribution in [1.29, 1.82) is 0 Å². The summed E-state index contributed by atoms with van der Waals surface area (Å²) in [5, 5.41) is 3.47. The number of Topliss-reactive ketones (excluding diaryl/α,β-unsaturated/α-hetero) is 1. The first-order valence-corrected chi connectivity index (χ1v) is 9.37. The topological polar surface area (TPSA) is 65.5 Å². The van der Waals surface area contributed by atoms with Crippen LogP contribution in [0.4, 0.5) is 0 Å². The fourth-order valence-corrected chi connectivity index (χ4v) is 2.98. The average Bonchev–Trinajstić information content (AvgIpc) is 3.10. The van der Waals surface area contributed by atoms with Crippen LogP contribution in [0, 0.1) is 6.92 Å². The van der Waals surface area contributed by atoms with Crippen molar-refractivity contribution >= 4 is 34.7 Å². The number of ketones is 1. The molecule has 0 unspecified atom stereocenters. The first-order valence-electron chi connectivity index (χ1n) is 8.11. The molecule has 5 nitrogen and oxygen atoms in total. The van der Waals surface area contributed by atoms with Gasteiger partial charge in [-0.15, -0.1) is 11.3 Å². The minimum Gasteiger partial charge on any atom is -0.487 e. The molecule has 1 heterocycles. The van der Waals surface area contributed by atoms with Crippen molar-refractivity contribution in [2.24, 2.45) is 0 Å². The van der Waals surface area contributed by atoms with Crippen LogP contribution >= 0.6 is 22.9 Å². The third-order valence-corrected chi connectivity index (χ3v) is 4.72. The maximum Gasteiger partial charge on any atom is 0.338 e. The molecule has 0 aliphatic rings. The smallest absolute Gasteiger partial charge is 0.338 e. The molecule has 0 aliphatic carbocycles. The summed E-state index contributed by atoms with van der Waals surface area (Å²) >= 11 is 7.35. The van der Waals surface area contributed by atoms with E-state index in [1.807, 2.05) is 12.3 Å². The van der Waals surface area contributed by atoms with E-state index in [-0.39, 0.29) is 12.4 Å². The van der Waals surface area contributed by atoms with Crippen molar-refractivity contribution in [3.8, 4) is 5.75 Å². The lowest BCUT2D eigenvalue weighted by Gasteiger charge is -2.07. The van der Waals surface area contributed by atoms with Crippen LogP contribution in [0.3, 0.4) is 0 Å².